The maximum absolute atomic E-state index is 12.8. The van der Waals surface area contributed by atoms with Crippen molar-refractivity contribution in [3.63, 3.8) is 0 Å². The summed E-state index contributed by atoms with van der Waals surface area (Å²) in [5.74, 6) is 5.68. The number of benzene rings is 2. The molecule has 0 heterocycles. The molecule has 0 radical (unpaired) electrons. The van der Waals surface area contributed by atoms with Crippen LogP contribution >= 0.6 is 0 Å². The first-order valence-corrected chi connectivity index (χ1v) is 13.1. The van der Waals surface area contributed by atoms with Crippen molar-refractivity contribution < 1.29 is 19.5 Å². The van der Waals surface area contributed by atoms with E-state index in [1.165, 1.54) is 57.6 Å². The molecule has 5 heteroatoms. The van der Waals surface area contributed by atoms with Crippen LogP contribution in [0.3, 0.4) is 0 Å². The van der Waals surface area contributed by atoms with E-state index in [1.807, 2.05) is 0 Å². The van der Waals surface area contributed by atoms with Gasteiger partial charge in [0.2, 0.25) is 0 Å². The van der Waals surface area contributed by atoms with Gasteiger partial charge in [-0.05, 0) is 60.7 Å². The number of carbonyl (C=O) groups is 3. The molecular weight excluding hydrogens is 462 g/mol. The van der Waals surface area contributed by atoms with E-state index in [-0.39, 0.29) is 13.8 Å². The van der Waals surface area contributed by atoms with Gasteiger partial charge in [0.15, 0.2) is 17.6 Å². The fraction of sp³-hybridized carbons (Fsp3) is 0.469. The van der Waals surface area contributed by atoms with Crippen LogP contribution in [0.25, 0.3) is 0 Å². The standard InChI is InChI=1S/C31H37NO4.CH4/c1-3-28(34)30(29(35)22-33)32(2)31(36)27-20-18-26(19-21-27)17-16-25-14-12-24(13-15-25)11-7-10-23-8-5-4-6-9-23;/h12-15,18-21,23,30,33H,3-11,22H2,1-2H3;1H4. The zero-order valence-corrected chi connectivity index (χ0v) is 21.5. The van der Waals surface area contributed by atoms with Crippen LogP contribution in [0.1, 0.15) is 92.8 Å². The van der Waals surface area contributed by atoms with Crippen molar-refractivity contribution in [1.82, 2.24) is 4.90 Å². The summed E-state index contributed by atoms with van der Waals surface area (Å²) in [4.78, 5) is 38.1. The number of aliphatic hydroxyl groups is 1. The molecule has 1 fully saturated rings. The molecule has 0 spiro atoms. The van der Waals surface area contributed by atoms with Crippen LogP contribution in [0.5, 0.6) is 0 Å². The van der Waals surface area contributed by atoms with Crippen molar-refractivity contribution in [1.29, 1.82) is 0 Å². The van der Waals surface area contributed by atoms with E-state index in [0.29, 0.717) is 5.56 Å². The lowest BCUT2D eigenvalue weighted by molar-refractivity contribution is -0.134. The van der Waals surface area contributed by atoms with E-state index in [1.54, 1.807) is 31.2 Å². The Morgan fingerprint density at radius 1 is 0.919 bits per heavy atom. The molecule has 0 bridgehead atoms. The summed E-state index contributed by atoms with van der Waals surface area (Å²) in [5.41, 5.74) is 3.40. The van der Waals surface area contributed by atoms with Crippen LogP contribution in [-0.2, 0) is 16.0 Å². The Labute approximate surface area is 222 Å². The van der Waals surface area contributed by atoms with E-state index >= 15 is 0 Å². The molecule has 0 aromatic heterocycles. The van der Waals surface area contributed by atoms with Gasteiger partial charge in [0.1, 0.15) is 6.61 Å². The molecule has 1 unspecified atom stereocenters. The average Bonchev–Trinajstić information content (AvgIpc) is 2.92. The zero-order chi connectivity index (χ0) is 25.9. The SMILES string of the molecule is C.CCC(=O)C(C(=O)CO)N(C)C(=O)c1ccc(C#Cc2ccc(CCCC3CCCCC3)cc2)cc1. The number of aliphatic hydroxyl groups excluding tert-OH is 1. The van der Waals surface area contributed by atoms with Crippen molar-refractivity contribution in [2.45, 2.75) is 78.2 Å². The minimum atomic E-state index is -1.28. The Morgan fingerprint density at radius 3 is 2.03 bits per heavy atom. The quantitative estimate of drug-likeness (QED) is 0.338. The van der Waals surface area contributed by atoms with Gasteiger partial charge >= 0.3 is 0 Å². The van der Waals surface area contributed by atoms with E-state index in [0.717, 1.165) is 28.4 Å². The maximum atomic E-state index is 12.8. The maximum Gasteiger partial charge on any atom is 0.254 e. The first-order chi connectivity index (χ1) is 17.4. The number of Topliss-reactive ketones (excluding diaryl/α,β-unsaturated/α-hetero) is 2. The molecule has 1 atom stereocenters. The molecule has 1 aliphatic carbocycles. The number of hydrogen-bond acceptors (Lipinski definition) is 4. The van der Waals surface area contributed by atoms with Gasteiger partial charge in [0, 0.05) is 30.2 Å². The van der Waals surface area contributed by atoms with Crippen molar-refractivity contribution in [3.8, 4) is 11.8 Å². The highest BCUT2D eigenvalue weighted by molar-refractivity contribution is 6.10. The lowest BCUT2D eigenvalue weighted by atomic mass is 9.85. The lowest BCUT2D eigenvalue weighted by Gasteiger charge is -2.25. The lowest BCUT2D eigenvalue weighted by Crippen LogP contribution is -2.48. The highest BCUT2D eigenvalue weighted by atomic mass is 16.3. The highest BCUT2D eigenvalue weighted by Crippen LogP contribution is 2.27. The Hall–Kier alpha value is -3.23. The second-order valence-corrected chi connectivity index (χ2v) is 9.68. The second kappa shape index (κ2) is 15.1. The highest BCUT2D eigenvalue weighted by Gasteiger charge is 2.32. The molecule has 1 aliphatic rings. The summed E-state index contributed by atoms with van der Waals surface area (Å²) in [5, 5.41) is 9.19. The van der Waals surface area contributed by atoms with Crippen molar-refractivity contribution in [3.05, 3.63) is 70.8 Å². The molecule has 2 aromatic rings. The van der Waals surface area contributed by atoms with E-state index in [4.69, 9.17) is 0 Å². The van der Waals surface area contributed by atoms with Crippen LogP contribution in [-0.4, -0.2) is 47.2 Å². The smallest absolute Gasteiger partial charge is 0.254 e. The van der Waals surface area contributed by atoms with Gasteiger partial charge in [-0.2, -0.15) is 0 Å². The predicted molar refractivity (Wildman–Crippen MR) is 148 cm³/mol. The summed E-state index contributed by atoms with van der Waals surface area (Å²) in [6, 6.07) is 13.9. The normalized spacial score (nSPS) is 14.0. The summed E-state index contributed by atoms with van der Waals surface area (Å²) < 4.78 is 0. The molecular formula is C32H41NO4. The molecule has 1 saturated carbocycles. The Morgan fingerprint density at radius 2 is 1.49 bits per heavy atom. The number of carbonyl (C=O) groups excluding carboxylic acids is 3. The van der Waals surface area contributed by atoms with E-state index in [2.05, 4.69) is 36.1 Å². The average molecular weight is 504 g/mol. The minimum Gasteiger partial charge on any atom is -0.388 e. The molecule has 0 aliphatic heterocycles. The Kier molecular flexibility index (Phi) is 12.3. The van der Waals surface area contributed by atoms with Crippen LogP contribution in [0, 0.1) is 17.8 Å². The monoisotopic (exact) mass is 503 g/mol. The second-order valence-electron chi connectivity index (χ2n) is 9.68. The Bertz CT molecular complexity index is 1070. The molecule has 2 aromatic carbocycles. The third-order valence-corrected chi connectivity index (χ3v) is 7.06. The first-order valence-electron chi connectivity index (χ1n) is 13.1. The molecule has 5 nitrogen and oxygen atoms in total. The first kappa shape index (κ1) is 30.0. The van der Waals surface area contributed by atoms with Gasteiger partial charge in [0.05, 0.1) is 0 Å². The fourth-order valence-corrected chi connectivity index (χ4v) is 4.88. The molecule has 1 amide bonds. The van der Waals surface area contributed by atoms with Crippen LogP contribution < -0.4 is 0 Å². The van der Waals surface area contributed by atoms with E-state index < -0.39 is 30.1 Å². The zero-order valence-electron chi connectivity index (χ0n) is 21.5. The van der Waals surface area contributed by atoms with Gasteiger partial charge in [-0.3, -0.25) is 14.4 Å². The topological polar surface area (TPSA) is 74.7 Å². The molecule has 3 rings (SSSR count). The van der Waals surface area contributed by atoms with Crippen molar-refractivity contribution in [2.75, 3.05) is 13.7 Å². The molecule has 37 heavy (non-hydrogen) atoms. The summed E-state index contributed by atoms with van der Waals surface area (Å²) >= 11 is 0. The van der Waals surface area contributed by atoms with Crippen LogP contribution in [0.15, 0.2) is 48.5 Å². The molecule has 198 valence electrons. The summed E-state index contributed by atoms with van der Waals surface area (Å²) in [7, 11) is 1.40. The molecule has 1 N–H and O–H groups in total. The largest absolute Gasteiger partial charge is 0.388 e. The van der Waals surface area contributed by atoms with Gasteiger partial charge in [-0.25, -0.2) is 0 Å². The van der Waals surface area contributed by atoms with Crippen LogP contribution in [0.4, 0.5) is 0 Å². The van der Waals surface area contributed by atoms with Gasteiger partial charge in [-0.1, -0.05) is 76.8 Å². The Balaban J connectivity index is 0.00000481. The van der Waals surface area contributed by atoms with Crippen molar-refractivity contribution in [2.24, 2.45) is 5.92 Å². The number of nitrogens with zero attached hydrogens (tertiary/aromatic N) is 1. The van der Waals surface area contributed by atoms with Crippen molar-refractivity contribution >= 4 is 17.5 Å². The number of amides is 1. The summed E-state index contributed by atoms with van der Waals surface area (Å²) in [6.07, 6.45) is 10.8. The number of aryl methyl sites for hydroxylation is 1. The third-order valence-electron chi connectivity index (χ3n) is 7.06. The number of hydrogen-bond donors (Lipinski definition) is 1. The third kappa shape index (κ3) is 8.68. The van der Waals surface area contributed by atoms with E-state index in [9.17, 15) is 19.5 Å². The number of likely N-dealkylation sites (N-methyl/N-ethyl adjacent to an activating group) is 1. The number of rotatable bonds is 10. The van der Waals surface area contributed by atoms with Gasteiger partial charge < -0.3 is 10.0 Å². The predicted octanol–water partition coefficient (Wildman–Crippen LogP) is 5.61. The minimum absolute atomic E-state index is 0. The molecule has 0 saturated heterocycles. The van der Waals surface area contributed by atoms with Gasteiger partial charge in [0.25, 0.3) is 5.91 Å². The van der Waals surface area contributed by atoms with Gasteiger partial charge in [-0.15, -0.1) is 0 Å². The number of ketones is 2. The summed E-state index contributed by atoms with van der Waals surface area (Å²) in [6.45, 7) is 0.835. The fourth-order valence-electron chi connectivity index (χ4n) is 4.88. The van der Waals surface area contributed by atoms with Crippen LogP contribution in [0.2, 0.25) is 0 Å².